The number of thioether (sulfide) groups is 1. The van der Waals surface area contributed by atoms with Gasteiger partial charge in [-0.1, -0.05) is 80.8 Å². The maximum absolute atomic E-state index is 12.6. The lowest BCUT2D eigenvalue weighted by Crippen LogP contribution is -2.35. The van der Waals surface area contributed by atoms with Crippen molar-refractivity contribution in [3.63, 3.8) is 0 Å². The Hall–Kier alpha value is -2.40. The molecule has 1 fully saturated rings. The van der Waals surface area contributed by atoms with Crippen molar-refractivity contribution in [2.45, 2.75) is 62.9 Å². The third-order valence-electron chi connectivity index (χ3n) is 5.73. The maximum Gasteiger partial charge on any atom is 0.230 e. The van der Waals surface area contributed by atoms with Gasteiger partial charge in [0.25, 0.3) is 0 Å². The summed E-state index contributed by atoms with van der Waals surface area (Å²) in [5.41, 5.74) is 3.17. The fourth-order valence-electron chi connectivity index (χ4n) is 4.02. The van der Waals surface area contributed by atoms with Crippen LogP contribution >= 0.6 is 11.8 Å². The lowest BCUT2D eigenvalue weighted by atomic mass is 10.1. The molecule has 30 heavy (non-hydrogen) atoms. The Kier molecular flexibility index (Phi) is 7.00. The van der Waals surface area contributed by atoms with Crippen molar-refractivity contribution < 1.29 is 4.79 Å². The number of carbonyl (C=O) groups excluding carboxylic acids is 1. The van der Waals surface area contributed by atoms with Gasteiger partial charge in [0.2, 0.25) is 5.91 Å². The third kappa shape index (κ3) is 5.20. The number of benzene rings is 2. The smallest absolute Gasteiger partial charge is 0.230 e. The average molecular weight is 420 g/mol. The zero-order chi connectivity index (χ0) is 20.8. The zero-order valence-corrected chi connectivity index (χ0v) is 18.4. The Balaban J connectivity index is 1.57. The summed E-state index contributed by atoms with van der Waals surface area (Å²) in [5, 5.41) is 5.15. The number of carbonyl (C=O) groups is 1. The van der Waals surface area contributed by atoms with Crippen LogP contribution < -0.4 is 5.32 Å². The van der Waals surface area contributed by atoms with Crippen LogP contribution in [0, 0.1) is 0 Å². The number of amides is 1. The minimum atomic E-state index is 0.103. The molecule has 4 rings (SSSR count). The highest BCUT2D eigenvalue weighted by Gasteiger charge is 2.16. The van der Waals surface area contributed by atoms with Crippen molar-refractivity contribution in [1.82, 2.24) is 15.3 Å². The molecule has 0 bridgehead atoms. The molecule has 1 N–H and O–H groups in total. The third-order valence-corrected chi connectivity index (χ3v) is 6.72. The summed E-state index contributed by atoms with van der Waals surface area (Å²) >= 11 is 1.52. The molecule has 0 radical (unpaired) electrons. The van der Waals surface area contributed by atoms with Crippen molar-refractivity contribution >= 4 is 28.6 Å². The SMILES string of the molecule is CCc1ccc2nc(-c3ccccc3)nc(SCC(=O)NC3CCCCCC3)c2c1. The highest BCUT2D eigenvalue weighted by atomic mass is 32.2. The van der Waals surface area contributed by atoms with Crippen molar-refractivity contribution in [3.05, 3.63) is 54.1 Å². The Bertz CT molecular complexity index is 998. The molecule has 0 aliphatic heterocycles. The largest absolute Gasteiger partial charge is 0.353 e. The van der Waals surface area contributed by atoms with E-state index in [1.165, 1.54) is 43.0 Å². The molecule has 156 valence electrons. The van der Waals surface area contributed by atoms with Crippen LogP contribution in [0.5, 0.6) is 0 Å². The second-order valence-corrected chi connectivity index (χ2v) is 8.93. The summed E-state index contributed by atoms with van der Waals surface area (Å²) in [7, 11) is 0. The summed E-state index contributed by atoms with van der Waals surface area (Å²) < 4.78 is 0. The second kappa shape index (κ2) is 10.1. The molecule has 0 unspecified atom stereocenters. The van der Waals surface area contributed by atoms with Crippen LogP contribution in [-0.2, 0) is 11.2 Å². The van der Waals surface area contributed by atoms with Crippen molar-refractivity contribution in [1.29, 1.82) is 0 Å². The van der Waals surface area contributed by atoms with Crippen molar-refractivity contribution in [2.24, 2.45) is 0 Å². The molecule has 1 saturated carbocycles. The molecule has 1 aliphatic rings. The first-order chi connectivity index (χ1) is 14.7. The van der Waals surface area contributed by atoms with E-state index in [9.17, 15) is 4.79 Å². The van der Waals surface area contributed by atoms with E-state index < -0.39 is 0 Å². The van der Waals surface area contributed by atoms with Gasteiger partial charge >= 0.3 is 0 Å². The van der Waals surface area contributed by atoms with Crippen LogP contribution in [0.2, 0.25) is 0 Å². The van der Waals surface area contributed by atoms with Gasteiger partial charge in [-0.15, -0.1) is 0 Å². The average Bonchev–Trinajstić information content (AvgIpc) is 3.06. The number of nitrogens with one attached hydrogen (secondary N) is 1. The van der Waals surface area contributed by atoms with Gasteiger partial charge in [-0.25, -0.2) is 9.97 Å². The normalized spacial score (nSPS) is 15.1. The molecule has 2 aromatic carbocycles. The minimum Gasteiger partial charge on any atom is -0.353 e. The summed E-state index contributed by atoms with van der Waals surface area (Å²) in [5.74, 6) is 1.19. The van der Waals surface area contributed by atoms with E-state index in [0.717, 1.165) is 40.8 Å². The van der Waals surface area contributed by atoms with E-state index in [1.54, 1.807) is 0 Å². The molecule has 0 atom stereocenters. The fourth-order valence-corrected chi connectivity index (χ4v) is 4.84. The van der Waals surface area contributed by atoms with E-state index in [2.05, 4.69) is 30.4 Å². The number of aryl methyl sites for hydroxylation is 1. The van der Waals surface area contributed by atoms with Gasteiger partial charge in [0.05, 0.1) is 11.3 Å². The van der Waals surface area contributed by atoms with Crippen molar-refractivity contribution in [3.8, 4) is 11.4 Å². The number of fused-ring (bicyclic) bond motifs is 1. The fraction of sp³-hybridized carbons (Fsp3) is 0.400. The predicted molar refractivity (Wildman–Crippen MR) is 125 cm³/mol. The van der Waals surface area contributed by atoms with Gasteiger partial charge in [-0.2, -0.15) is 0 Å². The van der Waals surface area contributed by atoms with Gasteiger partial charge in [0.1, 0.15) is 5.03 Å². The monoisotopic (exact) mass is 419 g/mol. The second-order valence-electron chi connectivity index (χ2n) is 7.97. The summed E-state index contributed by atoms with van der Waals surface area (Å²) in [6, 6.07) is 16.7. The Morgan fingerprint density at radius 1 is 1.03 bits per heavy atom. The highest BCUT2D eigenvalue weighted by molar-refractivity contribution is 8.00. The number of hydrogen-bond donors (Lipinski definition) is 1. The van der Waals surface area contributed by atoms with Gasteiger partial charge < -0.3 is 5.32 Å². The predicted octanol–water partition coefficient (Wildman–Crippen LogP) is 5.79. The lowest BCUT2D eigenvalue weighted by molar-refractivity contribution is -0.119. The Morgan fingerprint density at radius 3 is 2.53 bits per heavy atom. The maximum atomic E-state index is 12.6. The van der Waals surface area contributed by atoms with Gasteiger partial charge in [-0.3, -0.25) is 4.79 Å². The van der Waals surface area contributed by atoms with E-state index >= 15 is 0 Å². The van der Waals surface area contributed by atoms with Crippen molar-refractivity contribution in [2.75, 3.05) is 5.75 Å². The van der Waals surface area contributed by atoms with Crippen LogP contribution in [0.4, 0.5) is 0 Å². The molecular weight excluding hydrogens is 390 g/mol. The number of nitrogens with zero attached hydrogens (tertiary/aromatic N) is 2. The molecule has 3 aromatic rings. The summed E-state index contributed by atoms with van der Waals surface area (Å²) in [6.45, 7) is 2.15. The molecule has 0 spiro atoms. The van der Waals surface area contributed by atoms with Crippen LogP contribution in [0.3, 0.4) is 0 Å². The Labute approximate surface area is 182 Å². The molecule has 1 heterocycles. The first-order valence-electron chi connectivity index (χ1n) is 11.0. The zero-order valence-electron chi connectivity index (χ0n) is 17.6. The van der Waals surface area contributed by atoms with Crippen LogP contribution in [0.25, 0.3) is 22.3 Å². The molecule has 5 heteroatoms. The van der Waals surface area contributed by atoms with Gasteiger partial charge in [0.15, 0.2) is 5.82 Å². The van der Waals surface area contributed by atoms with Crippen LogP contribution in [0.1, 0.15) is 51.0 Å². The molecule has 4 nitrogen and oxygen atoms in total. The summed E-state index contributed by atoms with van der Waals surface area (Å²) in [4.78, 5) is 22.3. The standard InChI is InChI=1S/C25H29N3OS/c1-2-18-14-15-22-21(16-18)25(28-24(27-22)19-10-6-5-7-11-19)30-17-23(29)26-20-12-8-3-4-9-13-20/h5-7,10-11,14-16,20H,2-4,8-9,12-13,17H2,1H3,(H,26,29). The molecular formula is C25H29N3OS. The number of aromatic nitrogens is 2. The lowest BCUT2D eigenvalue weighted by Gasteiger charge is -2.16. The number of rotatable bonds is 6. The van der Waals surface area contributed by atoms with Gasteiger partial charge in [-0.05, 0) is 37.0 Å². The van der Waals surface area contributed by atoms with E-state index in [0.29, 0.717) is 17.6 Å². The number of hydrogen-bond acceptors (Lipinski definition) is 4. The van der Waals surface area contributed by atoms with Gasteiger partial charge in [0, 0.05) is 17.0 Å². The minimum absolute atomic E-state index is 0.103. The van der Waals surface area contributed by atoms with E-state index in [-0.39, 0.29) is 5.91 Å². The molecule has 1 aliphatic carbocycles. The highest BCUT2D eigenvalue weighted by Crippen LogP contribution is 2.29. The quantitative estimate of drug-likeness (QED) is 0.312. The molecule has 1 aromatic heterocycles. The summed E-state index contributed by atoms with van der Waals surface area (Å²) in [6.07, 6.45) is 8.17. The van der Waals surface area contributed by atoms with Crippen LogP contribution in [0.15, 0.2) is 53.6 Å². The first kappa shape index (κ1) is 20.9. The molecule has 0 saturated heterocycles. The van der Waals surface area contributed by atoms with Crippen LogP contribution in [-0.4, -0.2) is 27.7 Å². The topological polar surface area (TPSA) is 54.9 Å². The first-order valence-corrected chi connectivity index (χ1v) is 12.0. The molecule has 1 amide bonds. The van der Waals surface area contributed by atoms with E-state index in [1.807, 2.05) is 30.3 Å². The Morgan fingerprint density at radius 2 is 1.80 bits per heavy atom. The van der Waals surface area contributed by atoms with E-state index in [4.69, 9.17) is 9.97 Å².